The first-order valence-corrected chi connectivity index (χ1v) is 11.1. The molecule has 8 nitrogen and oxygen atoms in total. The number of halogens is 2. The van der Waals surface area contributed by atoms with Gasteiger partial charge in [-0.25, -0.2) is 8.78 Å². The van der Waals surface area contributed by atoms with Gasteiger partial charge in [0.05, 0.1) is 18.4 Å². The molecule has 1 aliphatic heterocycles. The van der Waals surface area contributed by atoms with E-state index in [4.69, 9.17) is 16.2 Å². The third kappa shape index (κ3) is 4.58. The molecule has 0 aromatic heterocycles. The highest BCUT2D eigenvalue weighted by Gasteiger charge is 2.43. The second-order valence-corrected chi connectivity index (χ2v) is 8.52. The summed E-state index contributed by atoms with van der Waals surface area (Å²) in [4.78, 5) is 24.6. The van der Waals surface area contributed by atoms with Crippen molar-refractivity contribution in [3.63, 3.8) is 0 Å². The fourth-order valence-corrected chi connectivity index (χ4v) is 4.60. The zero-order chi connectivity index (χ0) is 24.4. The molecule has 2 aliphatic rings. The molecular formula is C24H27F2N5O3. The molecule has 1 saturated carbocycles. The van der Waals surface area contributed by atoms with Gasteiger partial charge in [0.25, 0.3) is 5.91 Å². The summed E-state index contributed by atoms with van der Waals surface area (Å²) < 4.78 is 33.8. The Morgan fingerprint density at radius 1 is 1.18 bits per heavy atom. The van der Waals surface area contributed by atoms with E-state index in [2.05, 4.69) is 10.4 Å². The molecule has 1 heterocycles. The summed E-state index contributed by atoms with van der Waals surface area (Å²) in [5.41, 5.74) is 12.7. The number of primary amides is 1. The summed E-state index contributed by atoms with van der Waals surface area (Å²) in [5.74, 6) is -3.12. The second-order valence-electron chi connectivity index (χ2n) is 8.52. The fraction of sp³-hybridized carbons (Fsp3) is 0.375. The molecule has 180 valence electrons. The fourth-order valence-electron chi connectivity index (χ4n) is 4.60. The number of nitrogens with one attached hydrogen (secondary N) is 1. The average molecular weight is 472 g/mol. The van der Waals surface area contributed by atoms with Crippen molar-refractivity contribution in [3.05, 3.63) is 64.7 Å². The maximum absolute atomic E-state index is 15.1. The van der Waals surface area contributed by atoms with Crippen LogP contribution in [0.15, 0.2) is 41.5 Å². The van der Waals surface area contributed by atoms with Gasteiger partial charge in [0.1, 0.15) is 29.5 Å². The molecular weight excluding hydrogens is 444 g/mol. The SMILES string of the molecule is COc1ccc(F)cc1C(=O)NCc1ccc(C2=NN(C3CCCC3)C(N)C2C(N)=O)c(F)c1. The lowest BCUT2D eigenvalue weighted by atomic mass is 9.93. The quantitative estimate of drug-likeness (QED) is 0.572. The topological polar surface area (TPSA) is 123 Å². The normalized spacial score (nSPS) is 20.4. The van der Waals surface area contributed by atoms with Gasteiger partial charge in [0.15, 0.2) is 0 Å². The van der Waals surface area contributed by atoms with E-state index in [0.717, 1.165) is 31.7 Å². The van der Waals surface area contributed by atoms with E-state index in [1.807, 2.05) is 0 Å². The van der Waals surface area contributed by atoms with Gasteiger partial charge in [-0.3, -0.25) is 14.6 Å². The summed E-state index contributed by atoms with van der Waals surface area (Å²) in [6, 6.07) is 8.09. The molecule has 2 aromatic rings. The zero-order valence-corrected chi connectivity index (χ0v) is 18.8. The van der Waals surface area contributed by atoms with Gasteiger partial charge in [-0.1, -0.05) is 18.9 Å². The Morgan fingerprint density at radius 2 is 1.91 bits per heavy atom. The zero-order valence-electron chi connectivity index (χ0n) is 18.8. The predicted molar refractivity (Wildman–Crippen MR) is 122 cm³/mol. The van der Waals surface area contributed by atoms with Crippen LogP contribution >= 0.6 is 0 Å². The van der Waals surface area contributed by atoms with Crippen molar-refractivity contribution >= 4 is 17.5 Å². The highest BCUT2D eigenvalue weighted by Crippen LogP contribution is 2.32. The van der Waals surface area contributed by atoms with Crippen LogP contribution in [0.5, 0.6) is 5.75 Å². The van der Waals surface area contributed by atoms with Crippen LogP contribution in [0.3, 0.4) is 0 Å². The monoisotopic (exact) mass is 471 g/mol. The van der Waals surface area contributed by atoms with Crippen LogP contribution in [0.2, 0.25) is 0 Å². The Kier molecular flexibility index (Phi) is 6.78. The van der Waals surface area contributed by atoms with E-state index in [9.17, 15) is 14.0 Å². The van der Waals surface area contributed by atoms with Gasteiger partial charge >= 0.3 is 0 Å². The van der Waals surface area contributed by atoms with Gasteiger partial charge < -0.3 is 21.5 Å². The number of ether oxygens (including phenoxy) is 1. The third-order valence-electron chi connectivity index (χ3n) is 6.34. The van der Waals surface area contributed by atoms with Gasteiger partial charge in [-0.2, -0.15) is 5.10 Å². The first kappa shape index (κ1) is 23.6. The van der Waals surface area contributed by atoms with Crippen molar-refractivity contribution < 1.29 is 23.1 Å². The highest BCUT2D eigenvalue weighted by atomic mass is 19.1. The van der Waals surface area contributed by atoms with Crippen LogP contribution in [0.4, 0.5) is 8.78 Å². The lowest BCUT2D eigenvalue weighted by Crippen LogP contribution is -2.49. The van der Waals surface area contributed by atoms with E-state index >= 15 is 4.39 Å². The minimum atomic E-state index is -0.930. The van der Waals surface area contributed by atoms with Crippen LogP contribution < -0.4 is 21.5 Å². The molecule has 34 heavy (non-hydrogen) atoms. The number of hydrogen-bond acceptors (Lipinski definition) is 6. The number of benzene rings is 2. The number of nitrogens with two attached hydrogens (primary N) is 2. The standard InChI is InChI=1S/C24H27F2N5O3/c1-34-19-9-7-14(25)11-17(19)24(33)29-12-13-6-8-16(18(26)10-13)21-20(23(28)32)22(27)31(30-21)15-4-2-3-5-15/h6-11,15,20,22H,2-5,12,27H2,1H3,(H2,28,32)(H,29,33). The van der Waals surface area contributed by atoms with Gasteiger partial charge in [-0.05, 0) is 48.7 Å². The van der Waals surface area contributed by atoms with Gasteiger partial charge in [0, 0.05) is 18.2 Å². The van der Waals surface area contributed by atoms with Gasteiger partial charge in [0.2, 0.25) is 5.91 Å². The molecule has 0 spiro atoms. The third-order valence-corrected chi connectivity index (χ3v) is 6.34. The van der Waals surface area contributed by atoms with Crippen molar-refractivity contribution in [2.45, 2.75) is 44.4 Å². The van der Waals surface area contributed by atoms with Crippen LogP contribution in [-0.4, -0.2) is 41.9 Å². The molecule has 5 N–H and O–H groups in total. The summed E-state index contributed by atoms with van der Waals surface area (Å²) in [6.07, 6.45) is 3.18. The number of methoxy groups -OCH3 is 1. The molecule has 0 bridgehead atoms. The number of carbonyl (C=O) groups excluding carboxylic acids is 2. The highest BCUT2D eigenvalue weighted by molar-refractivity contribution is 6.14. The summed E-state index contributed by atoms with van der Waals surface area (Å²) >= 11 is 0. The van der Waals surface area contributed by atoms with Crippen molar-refractivity contribution in [3.8, 4) is 5.75 Å². The maximum Gasteiger partial charge on any atom is 0.255 e. The second kappa shape index (κ2) is 9.76. The van der Waals surface area contributed by atoms with Crippen molar-refractivity contribution in [2.75, 3.05) is 7.11 Å². The van der Waals surface area contributed by atoms with E-state index in [-0.39, 0.29) is 35.2 Å². The predicted octanol–water partition coefficient (Wildman–Crippen LogP) is 2.25. The Hall–Kier alpha value is -3.53. The number of hydrazone groups is 1. The van der Waals surface area contributed by atoms with Crippen molar-refractivity contribution in [1.82, 2.24) is 10.3 Å². The van der Waals surface area contributed by atoms with Crippen LogP contribution in [0.1, 0.15) is 47.2 Å². The Bertz CT molecular complexity index is 1130. The lowest BCUT2D eigenvalue weighted by molar-refractivity contribution is -0.121. The molecule has 4 rings (SSSR count). The number of carbonyl (C=O) groups is 2. The van der Waals surface area contributed by atoms with Gasteiger partial charge in [-0.15, -0.1) is 0 Å². The molecule has 1 fully saturated rings. The Balaban J connectivity index is 1.52. The Morgan fingerprint density at radius 3 is 2.56 bits per heavy atom. The Labute approximate surface area is 195 Å². The van der Waals surface area contributed by atoms with Crippen LogP contribution in [-0.2, 0) is 11.3 Å². The maximum atomic E-state index is 15.1. The number of nitrogens with zero attached hydrogens (tertiary/aromatic N) is 2. The number of hydrogen-bond donors (Lipinski definition) is 3. The van der Waals surface area contributed by atoms with Crippen LogP contribution in [0, 0.1) is 17.6 Å². The van der Waals surface area contributed by atoms with E-state index in [0.29, 0.717) is 5.56 Å². The molecule has 1 aliphatic carbocycles. The van der Waals surface area contributed by atoms with E-state index < -0.39 is 35.5 Å². The van der Waals surface area contributed by atoms with Crippen molar-refractivity contribution in [2.24, 2.45) is 22.5 Å². The largest absolute Gasteiger partial charge is 0.496 e. The van der Waals surface area contributed by atoms with Crippen LogP contribution in [0.25, 0.3) is 0 Å². The number of amides is 2. The number of rotatable bonds is 7. The molecule has 0 radical (unpaired) electrons. The molecule has 2 aromatic carbocycles. The summed E-state index contributed by atoms with van der Waals surface area (Å²) in [5, 5.41) is 8.84. The minimum absolute atomic E-state index is 0.00482. The molecule has 10 heteroatoms. The minimum Gasteiger partial charge on any atom is -0.496 e. The first-order chi connectivity index (χ1) is 16.3. The molecule has 2 amide bonds. The smallest absolute Gasteiger partial charge is 0.255 e. The van der Waals surface area contributed by atoms with Crippen molar-refractivity contribution in [1.29, 1.82) is 0 Å². The van der Waals surface area contributed by atoms with E-state index in [1.54, 1.807) is 11.1 Å². The molecule has 0 saturated heterocycles. The first-order valence-electron chi connectivity index (χ1n) is 11.1. The average Bonchev–Trinajstić information content (AvgIpc) is 3.45. The van der Waals surface area contributed by atoms with E-state index in [1.165, 1.54) is 31.4 Å². The lowest BCUT2D eigenvalue weighted by Gasteiger charge is -2.28. The summed E-state index contributed by atoms with van der Waals surface area (Å²) in [7, 11) is 1.38. The molecule has 2 unspecified atom stereocenters. The summed E-state index contributed by atoms with van der Waals surface area (Å²) in [6.45, 7) is -0.00482. The molecule has 2 atom stereocenters.